The van der Waals surface area contributed by atoms with Crippen LogP contribution >= 0.6 is 0 Å². The quantitative estimate of drug-likeness (QED) is 0.414. The average molecular weight is 416 g/mol. The number of aromatic nitrogens is 2. The molecule has 0 spiro atoms. The monoisotopic (exact) mass is 416 g/mol. The van der Waals surface area contributed by atoms with Crippen LogP contribution in [-0.2, 0) is 16.9 Å². The highest BCUT2D eigenvalue weighted by atomic mass is 19.1. The number of hydrogen-bond donors (Lipinski definition) is 0. The summed E-state index contributed by atoms with van der Waals surface area (Å²) >= 11 is 0. The maximum atomic E-state index is 15.9. The van der Waals surface area contributed by atoms with Gasteiger partial charge in [-0.3, -0.25) is 0 Å². The van der Waals surface area contributed by atoms with Crippen LogP contribution in [-0.4, -0.2) is 22.8 Å². The van der Waals surface area contributed by atoms with Gasteiger partial charge in [-0.25, -0.2) is 9.37 Å². The molecular formula is C26H25FN2O2. The van der Waals surface area contributed by atoms with Crippen LogP contribution in [0.5, 0.6) is 5.75 Å². The molecule has 1 aliphatic rings. The molecule has 0 amide bonds. The van der Waals surface area contributed by atoms with Crippen LogP contribution in [0.2, 0.25) is 0 Å². The Morgan fingerprint density at radius 1 is 1.06 bits per heavy atom. The summed E-state index contributed by atoms with van der Waals surface area (Å²) in [6.45, 7) is 7.46. The summed E-state index contributed by atoms with van der Waals surface area (Å²) in [6.07, 6.45) is 0. The van der Waals surface area contributed by atoms with Crippen molar-refractivity contribution in [1.29, 1.82) is 0 Å². The Hall–Kier alpha value is -3.18. The van der Waals surface area contributed by atoms with Gasteiger partial charge in [0.05, 0.1) is 35.3 Å². The predicted molar refractivity (Wildman–Crippen MR) is 120 cm³/mol. The molecule has 3 aromatic carbocycles. The number of ether oxygens (including phenoxy) is 2. The van der Waals surface area contributed by atoms with E-state index < -0.39 is 0 Å². The molecule has 31 heavy (non-hydrogen) atoms. The molecule has 0 unspecified atom stereocenters. The summed E-state index contributed by atoms with van der Waals surface area (Å²) in [5.41, 5.74) is 4.78. The standard InChI is InChI=1S/C26H25FN2O2/c1-17-13-20(23(27)24(18(17)2)31-14-19-9-5-4-6-10-19)25-28-21-11-7-8-12-22(21)29(25)26(3)15-30-16-26/h4-13H,14-16H2,1-3H3. The third kappa shape index (κ3) is 3.29. The van der Waals surface area contributed by atoms with Gasteiger partial charge in [-0.15, -0.1) is 0 Å². The molecule has 1 fully saturated rings. The van der Waals surface area contributed by atoms with Gasteiger partial charge in [-0.05, 0) is 55.7 Å². The van der Waals surface area contributed by atoms with Crippen molar-refractivity contribution in [3.05, 3.63) is 83.2 Å². The fourth-order valence-corrected chi connectivity index (χ4v) is 4.20. The van der Waals surface area contributed by atoms with Crippen LogP contribution in [0.25, 0.3) is 22.4 Å². The Bertz CT molecular complexity index is 1260. The van der Waals surface area contributed by atoms with Crippen LogP contribution in [0.3, 0.4) is 0 Å². The van der Waals surface area contributed by atoms with Crippen molar-refractivity contribution in [3.63, 3.8) is 0 Å². The lowest BCUT2D eigenvalue weighted by molar-refractivity contribution is -0.0868. The molecule has 0 aliphatic carbocycles. The Balaban J connectivity index is 1.65. The SMILES string of the molecule is Cc1cc(-c2nc3ccccc3n2C2(C)COC2)c(F)c(OCc2ccccc2)c1C. The Kier molecular flexibility index (Phi) is 4.78. The van der Waals surface area contributed by atoms with Crippen molar-refractivity contribution in [3.8, 4) is 17.1 Å². The molecule has 158 valence electrons. The molecule has 0 radical (unpaired) electrons. The van der Waals surface area contributed by atoms with Crippen molar-refractivity contribution < 1.29 is 13.9 Å². The topological polar surface area (TPSA) is 36.3 Å². The zero-order valence-corrected chi connectivity index (χ0v) is 18.0. The summed E-state index contributed by atoms with van der Waals surface area (Å²) < 4.78 is 29.6. The molecule has 0 N–H and O–H groups in total. The second-order valence-electron chi connectivity index (χ2n) is 8.53. The molecule has 5 rings (SSSR count). The van der Waals surface area contributed by atoms with Gasteiger partial charge in [0, 0.05) is 0 Å². The first kappa shape index (κ1) is 19.8. The number of hydrogen-bond acceptors (Lipinski definition) is 3. The summed E-state index contributed by atoms with van der Waals surface area (Å²) in [5, 5.41) is 0. The number of fused-ring (bicyclic) bond motifs is 1. The highest BCUT2D eigenvalue weighted by molar-refractivity contribution is 5.82. The molecule has 4 nitrogen and oxygen atoms in total. The zero-order valence-electron chi connectivity index (χ0n) is 18.0. The lowest BCUT2D eigenvalue weighted by Gasteiger charge is -2.40. The molecule has 2 heterocycles. The smallest absolute Gasteiger partial charge is 0.176 e. The number of imidazole rings is 1. The van der Waals surface area contributed by atoms with Gasteiger partial charge in [0.1, 0.15) is 12.4 Å². The van der Waals surface area contributed by atoms with Crippen molar-refractivity contribution >= 4 is 11.0 Å². The molecule has 1 aliphatic heterocycles. The first-order valence-electron chi connectivity index (χ1n) is 10.5. The Morgan fingerprint density at radius 3 is 2.48 bits per heavy atom. The summed E-state index contributed by atoms with van der Waals surface area (Å²) in [6, 6.07) is 19.6. The minimum Gasteiger partial charge on any atom is -0.486 e. The van der Waals surface area contributed by atoms with Crippen molar-refractivity contribution in [2.24, 2.45) is 0 Å². The number of para-hydroxylation sites is 2. The van der Waals surface area contributed by atoms with Crippen molar-refractivity contribution in [1.82, 2.24) is 9.55 Å². The first-order chi connectivity index (χ1) is 15.0. The normalized spacial score (nSPS) is 15.1. The first-order valence-corrected chi connectivity index (χ1v) is 10.5. The van der Waals surface area contributed by atoms with Gasteiger partial charge in [0.2, 0.25) is 0 Å². The molecule has 1 aromatic heterocycles. The van der Waals surface area contributed by atoms with E-state index in [1.54, 1.807) is 0 Å². The number of aryl methyl sites for hydroxylation is 1. The minimum absolute atomic E-state index is 0.262. The molecule has 1 saturated heterocycles. The van der Waals surface area contributed by atoms with E-state index in [1.165, 1.54) is 0 Å². The summed E-state index contributed by atoms with van der Waals surface area (Å²) in [7, 11) is 0. The predicted octanol–water partition coefficient (Wildman–Crippen LogP) is 5.78. The van der Waals surface area contributed by atoms with Crippen LogP contribution in [0.1, 0.15) is 23.6 Å². The molecular weight excluding hydrogens is 391 g/mol. The van der Waals surface area contributed by atoms with Gasteiger partial charge in [0.15, 0.2) is 11.6 Å². The average Bonchev–Trinajstić information content (AvgIpc) is 3.15. The van der Waals surface area contributed by atoms with Gasteiger partial charge < -0.3 is 14.0 Å². The fraction of sp³-hybridized carbons (Fsp3) is 0.269. The third-order valence-corrected chi connectivity index (χ3v) is 6.12. The number of rotatable bonds is 5. The van der Waals surface area contributed by atoms with Gasteiger partial charge in [-0.2, -0.15) is 0 Å². The Morgan fingerprint density at radius 2 is 1.77 bits per heavy atom. The van der Waals surface area contributed by atoms with E-state index in [1.807, 2.05) is 74.5 Å². The molecule has 5 heteroatoms. The van der Waals surface area contributed by atoms with E-state index in [0.717, 1.165) is 27.7 Å². The molecule has 0 saturated carbocycles. The third-order valence-electron chi connectivity index (χ3n) is 6.12. The van der Waals surface area contributed by atoms with Crippen LogP contribution in [0.4, 0.5) is 4.39 Å². The summed E-state index contributed by atoms with van der Waals surface area (Å²) in [4.78, 5) is 4.83. The van der Waals surface area contributed by atoms with Crippen LogP contribution in [0.15, 0.2) is 60.7 Å². The largest absolute Gasteiger partial charge is 0.486 e. The molecule has 0 atom stereocenters. The summed E-state index contributed by atoms with van der Waals surface area (Å²) in [5.74, 6) is 0.518. The second kappa shape index (κ2) is 7.50. The minimum atomic E-state index is -0.376. The highest BCUT2D eigenvalue weighted by Crippen LogP contribution is 2.40. The van der Waals surface area contributed by atoms with Crippen molar-refractivity contribution in [2.75, 3.05) is 13.2 Å². The van der Waals surface area contributed by atoms with Gasteiger partial charge in [-0.1, -0.05) is 42.5 Å². The van der Waals surface area contributed by atoms with Crippen LogP contribution in [0, 0.1) is 19.7 Å². The van der Waals surface area contributed by atoms with E-state index in [4.69, 9.17) is 14.5 Å². The number of benzene rings is 3. The Labute approximate surface area is 181 Å². The lowest BCUT2D eigenvalue weighted by Crippen LogP contribution is -2.49. The molecule has 0 bridgehead atoms. The maximum Gasteiger partial charge on any atom is 0.176 e. The second-order valence-corrected chi connectivity index (χ2v) is 8.53. The number of halogens is 1. The lowest BCUT2D eigenvalue weighted by atomic mass is 9.98. The van der Waals surface area contributed by atoms with E-state index in [2.05, 4.69) is 11.5 Å². The van der Waals surface area contributed by atoms with Gasteiger partial charge >= 0.3 is 0 Å². The number of nitrogens with zero attached hydrogens (tertiary/aromatic N) is 2. The van der Waals surface area contributed by atoms with Crippen LogP contribution < -0.4 is 4.74 Å². The highest BCUT2D eigenvalue weighted by Gasteiger charge is 2.39. The van der Waals surface area contributed by atoms with E-state index >= 15 is 4.39 Å². The van der Waals surface area contributed by atoms with Gasteiger partial charge in [0.25, 0.3) is 0 Å². The van der Waals surface area contributed by atoms with E-state index in [0.29, 0.717) is 31.2 Å². The van der Waals surface area contributed by atoms with E-state index in [-0.39, 0.29) is 17.1 Å². The van der Waals surface area contributed by atoms with E-state index in [9.17, 15) is 0 Å². The molecule has 4 aromatic rings. The van der Waals surface area contributed by atoms with Crippen molar-refractivity contribution in [2.45, 2.75) is 32.9 Å². The maximum absolute atomic E-state index is 15.9. The fourth-order valence-electron chi connectivity index (χ4n) is 4.20. The zero-order chi connectivity index (χ0) is 21.6.